The number of rotatable bonds is 7. The Morgan fingerprint density at radius 1 is 1.13 bits per heavy atom. The Morgan fingerprint density at radius 2 is 1.81 bits per heavy atom. The molecule has 1 aliphatic rings. The van der Waals surface area contributed by atoms with E-state index in [4.69, 9.17) is 21.1 Å². The number of nitrogens with one attached hydrogen (secondary N) is 1. The van der Waals surface area contributed by atoms with Crippen molar-refractivity contribution in [2.24, 2.45) is 0 Å². The predicted octanol–water partition coefficient (Wildman–Crippen LogP) is 4.94. The molecule has 0 radical (unpaired) electrons. The van der Waals surface area contributed by atoms with Gasteiger partial charge in [-0.2, -0.15) is 0 Å². The number of halogens is 1. The van der Waals surface area contributed by atoms with E-state index in [9.17, 15) is 9.59 Å². The van der Waals surface area contributed by atoms with Gasteiger partial charge in [0.25, 0.3) is 0 Å². The van der Waals surface area contributed by atoms with Crippen LogP contribution in [-0.4, -0.2) is 36.7 Å². The average molecular weight is 443 g/mol. The third-order valence-corrected chi connectivity index (χ3v) is 5.38. The average Bonchev–Trinajstić information content (AvgIpc) is 2.71. The number of carbonyl (C=O) groups is 2. The summed E-state index contributed by atoms with van der Waals surface area (Å²) in [5, 5.41) is 3.35. The molecular formula is C24H27ClN2O4. The number of benzene rings is 2. The molecule has 0 spiro atoms. The minimum atomic E-state index is -0.735. The van der Waals surface area contributed by atoms with Crippen LogP contribution in [0.15, 0.2) is 53.7 Å². The molecule has 7 heteroatoms. The molecule has 3 rings (SSSR count). The molecule has 0 saturated carbocycles. The molecule has 0 unspecified atom stereocenters. The van der Waals surface area contributed by atoms with Crippen LogP contribution in [-0.2, 0) is 9.53 Å². The zero-order valence-electron chi connectivity index (χ0n) is 18.2. The van der Waals surface area contributed by atoms with Gasteiger partial charge in [-0.1, -0.05) is 35.9 Å². The number of likely N-dealkylation sites (N-methyl/N-ethyl adjacent to an activating group) is 1. The van der Waals surface area contributed by atoms with Crippen LogP contribution >= 0.6 is 11.6 Å². The molecule has 0 saturated heterocycles. The number of hydrogen-bond donors (Lipinski definition) is 1. The molecule has 1 atom stereocenters. The van der Waals surface area contributed by atoms with Gasteiger partial charge in [-0.3, -0.25) is 4.90 Å². The third kappa shape index (κ3) is 5.02. The van der Waals surface area contributed by atoms with Crippen LogP contribution in [0, 0.1) is 13.8 Å². The van der Waals surface area contributed by atoms with Crippen LogP contribution in [0.4, 0.5) is 4.79 Å². The van der Waals surface area contributed by atoms with E-state index in [2.05, 4.69) is 11.4 Å². The van der Waals surface area contributed by atoms with E-state index in [0.29, 0.717) is 34.2 Å². The molecule has 2 aromatic rings. The van der Waals surface area contributed by atoms with Gasteiger partial charge in [0.15, 0.2) is 0 Å². The number of amides is 2. The topological polar surface area (TPSA) is 67.9 Å². The maximum absolute atomic E-state index is 13.0. The maximum Gasteiger partial charge on any atom is 0.338 e. The van der Waals surface area contributed by atoms with Crippen molar-refractivity contribution in [3.05, 3.63) is 75.4 Å². The Morgan fingerprint density at radius 3 is 2.42 bits per heavy atom. The van der Waals surface area contributed by atoms with Crippen molar-refractivity contribution >= 4 is 23.6 Å². The quantitative estimate of drug-likeness (QED) is 0.617. The molecule has 0 aromatic heterocycles. The monoisotopic (exact) mass is 442 g/mol. The molecule has 1 aliphatic heterocycles. The van der Waals surface area contributed by atoms with E-state index >= 15 is 0 Å². The Labute approximate surface area is 187 Å². The standard InChI is InChI=1S/C24H27ClN2O4/c1-5-27-20(14-31-17-12-15(3)11-16(4)13-17)21(23(28)30-6-2)22(26-24(27)29)18-9-7-8-10-19(18)25/h7-13,22H,5-6,14H2,1-4H3,(H,26,29)/t22-/m0/s1. The summed E-state index contributed by atoms with van der Waals surface area (Å²) in [6, 6.07) is 12.0. The summed E-state index contributed by atoms with van der Waals surface area (Å²) in [7, 11) is 0. The van der Waals surface area contributed by atoms with Gasteiger partial charge in [0.05, 0.1) is 23.9 Å². The van der Waals surface area contributed by atoms with Crippen LogP contribution in [0.3, 0.4) is 0 Å². The maximum atomic E-state index is 13.0. The van der Waals surface area contributed by atoms with Gasteiger partial charge >= 0.3 is 12.0 Å². The first-order chi connectivity index (χ1) is 14.8. The second-order valence-corrected chi connectivity index (χ2v) is 7.75. The molecule has 0 bridgehead atoms. The van der Waals surface area contributed by atoms with Gasteiger partial charge in [0.1, 0.15) is 12.4 Å². The Bertz CT molecular complexity index is 998. The molecule has 164 valence electrons. The molecule has 0 aliphatic carbocycles. The minimum absolute atomic E-state index is 0.0409. The van der Waals surface area contributed by atoms with Crippen molar-refractivity contribution in [2.45, 2.75) is 33.7 Å². The zero-order chi connectivity index (χ0) is 22.5. The number of esters is 1. The second kappa shape index (κ2) is 9.88. The summed E-state index contributed by atoms with van der Waals surface area (Å²) in [4.78, 5) is 27.4. The number of hydrogen-bond acceptors (Lipinski definition) is 4. The predicted molar refractivity (Wildman–Crippen MR) is 120 cm³/mol. The van der Waals surface area contributed by atoms with E-state index < -0.39 is 12.0 Å². The molecule has 2 aromatic carbocycles. The van der Waals surface area contributed by atoms with Crippen molar-refractivity contribution in [3.8, 4) is 5.75 Å². The second-order valence-electron chi connectivity index (χ2n) is 7.34. The van der Waals surface area contributed by atoms with E-state index in [1.54, 1.807) is 25.1 Å². The molecular weight excluding hydrogens is 416 g/mol. The van der Waals surface area contributed by atoms with Gasteiger partial charge in [-0.25, -0.2) is 9.59 Å². The smallest absolute Gasteiger partial charge is 0.338 e. The number of aryl methyl sites for hydroxylation is 2. The zero-order valence-corrected chi connectivity index (χ0v) is 19.0. The molecule has 2 amide bonds. The van der Waals surface area contributed by atoms with Gasteiger partial charge in [0, 0.05) is 11.6 Å². The SMILES string of the molecule is CCOC(=O)C1=C(COc2cc(C)cc(C)c2)N(CC)C(=O)N[C@H]1c1ccccc1Cl. The van der Waals surface area contributed by atoms with Crippen molar-refractivity contribution in [3.63, 3.8) is 0 Å². The first-order valence-corrected chi connectivity index (χ1v) is 10.7. The highest BCUT2D eigenvalue weighted by atomic mass is 35.5. The molecule has 6 nitrogen and oxygen atoms in total. The lowest BCUT2D eigenvalue weighted by Gasteiger charge is -2.36. The molecule has 31 heavy (non-hydrogen) atoms. The van der Waals surface area contributed by atoms with Crippen LogP contribution in [0.2, 0.25) is 5.02 Å². The van der Waals surface area contributed by atoms with Crippen molar-refractivity contribution < 1.29 is 19.1 Å². The largest absolute Gasteiger partial charge is 0.487 e. The van der Waals surface area contributed by atoms with Crippen molar-refractivity contribution in [1.29, 1.82) is 0 Å². The Balaban J connectivity index is 2.09. The summed E-state index contributed by atoms with van der Waals surface area (Å²) in [5.74, 6) is 0.162. The fourth-order valence-electron chi connectivity index (χ4n) is 3.75. The van der Waals surface area contributed by atoms with Gasteiger partial charge in [0.2, 0.25) is 0 Å². The summed E-state index contributed by atoms with van der Waals surface area (Å²) < 4.78 is 11.4. The van der Waals surface area contributed by atoms with E-state index in [1.165, 1.54) is 4.90 Å². The molecule has 1 heterocycles. The van der Waals surface area contributed by atoms with E-state index in [-0.39, 0.29) is 19.2 Å². The van der Waals surface area contributed by atoms with Gasteiger partial charge in [-0.15, -0.1) is 0 Å². The van der Waals surface area contributed by atoms with Crippen LogP contribution in [0.1, 0.15) is 36.6 Å². The number of carbonyl (C=O) groups excluding carboxylic acids is 2. The summed E-state index contributed by atoms with van der Waals surface area (Å²) in [6.07, 6.45) is 0. The fraction of sp³-hybridized carbons (Fsp3) is 0.333. The first kappa shape index (κ1) is 22.7. The highest BCUT2D eigenvalue weighted by Gasteiger charge is 2.38. The van der Waals surface area contributed by atoms with E-state index in [0.717, 1.165) is 11.1 Å². The van der Waals surface area contributed by atoms with Crippen LogP contribution < -0.4 is 10.1 Å². The van der Waals surface area contributed by atoms with Crippen LogP contribution in [0.5, 0.6) is 5.75 Å². The molecule has 0 fully saturated rings. The number of urea groups is 1. The first-order valence-electron chi connectivity index (χ1n) is 10.3. The van der Waals surface area contributed by atoms with Gasteiger partial charge in [-0.05, 0) is 62.6 Å². The normalized spacial score (nSPS) is 16.2. The lowest BCUT2D eigenvalue weighted by molar-refractivity contribution is -0.139. The van der Waals surface area contributed by atoms with Crippen molar-refractivity contribution in [2.75, 3.05) is 19.8 Å². The van der Waals surface area contributed by atoms with Crippen LogP contribution in [0.25, 0.3) is 0 Å². The summed E-state index contributed by atoms with van der Waals surface area (Å²) in [5.41, 5.74) is 3.55. The Hall–Kier alpha value is -2.99. The summed E-state index contributed by atoms with van der Waals surface area (Å²) >= 11 is 6.41. The third-order valence-electron chi connectivity index (χ3n) is 5.04. The Kier molecular flexibility index (Phi) is 7.23. The number of ether oxygens (including phenoxy) is 2. The highest BCUT2D eigenvalue weighted by Crippen LogP contribution is 2.35. The van der Waals surface area contributed by atoms with Gasteiger partial charge < -0.3 is 14.8 Å². The van der Waals surface area contributed by atoms with E-state index in [1.807, 2.05) is 39.0 Å². The lowest BCUT2D eigenvalue weighted by atomic mass is 9.94. The summed E-state index contributed by atoms with van der Waals surface area (Å²) in [6.45, 7) is 8.19. The highest BCUT2D eigenvalue weighted by molar-refractivity contribution is 6.31. The number of nitrogens with zero attached hydrogens (tertiary/aromatic N) is 1. The minimum Gasteiger partial charge on any atom is -0.487 e. The van der Waals surface area contributed by atoms with Crippen molar-refractivity contribution in [1.82, 2.24) is 10.2 Å². The molecule has 1 N–H and O–H groups in total. The fourth-order valence-corrected chi connectivity index (χ4v) is 4.00. The lowest BCUT2D eigenvalue weighted by Crippen LogP contribution is -2.49.